The molecule has 1 amide bonds. The molecule has 1 saturated carbocycles. The molecule has 1 fully saturated rings. The Bertz CT molecular complexity index is 188. The summed E-state index contributed by atoms with van der Waals surface area (Å²) in [5.74, 6) is -0.0602. The van der Waals surface area contributed by atoms with Crippen LogP contribution in [0.2, 0.25) is 0 Å². The molecule has 0 heterocycles. The van der Waals surface area contributed by atoms with E-state index in [0.29, 0.717) is 12.8 Å². The molecule has 14 heavy (non-hydrogen) atoms. The van der Waals surface area contributed by atoms with Crippen LogP contribution in [0.5, 0.6) is 0 Å². The summed E-state index contributed by atoms with van der Waals surface area (Å²) in [6, 6.07) is 0. The zero-order valence-electron chi connectivity index (χ0n) is 8.46. The standard InChI is InChI=1S/C10H19NO3/c12-7-3-4-9(14)11-10(8-13)5-1-2-6-10/h12-13H,1-8H2,(H,11,14). The van der Waals surface area contributed by atoms with Crippen molar-refractivity contribution in [2.75, 3.05) is 13.2 Å². The van der Waals surface area contributed by atoms with Crippen LogP contribution in [0.15, 0.2) is 0 Å². The highest BCUT2D eigenvalue weighted by Crippen LogP contribution is 2.29. The number of hydrogen-bond acceptors (Lipinski definition) is 3. The Morgan fingerprint density at radius 3 is 2.43 bits per heavy atom. The Hall–Kier alpha value is -0.610. The van der Waals surface area contributed by atoms with Crippen LogP contribution in [0.25, 0.3) is 0 Å². The number of rotatable bonds is 5. The number of carbonyl (C=O) groups excluding carboxylic acids is 1. The van der Waals surface area contributed by atoms with Gasteiger partial charge in [0, 0.05) is 13.0 Å². The molecule has 0 spiro atoms. The fourth-order valence-corrected chi connectivity index (χ4v) is 1.97. The number of carbonyl (C=O) groups is 1. The molecule has 0 bridgehead atoms. The third-order valence-corrected chi connectivity index (χ3v) is 2.83. The summed E-state index contributed by atoms with van der Waals surface area (Å²) in [6.45, 7) is 0.0669. The first-order valence-corrected chi connectivity index (χ1v) is 5.25. The molecule has 1 aliphatic carbocycles. The lowest BCUT2D eigenvalue weighted by Crippen LogP contribution is -2.49. The van der Waals surface area contributed by atoms with Gasteiger partial charge in [0.15, 0.2) is 0 Å². The second-order valence-electron chi connectivity index (χ2n) is 4.02. The fraction of sp³-hybridized carbons (Fsp3) is 0.900. The van der Waals surface area contributed by atoms with Crippen LogP contribution >= 0.6 is 0 Å². The molecule has 0 aromatic rings. The Labute approximate surface area is 84.3 Å². The number of hydrogen-bond donors (Lipinski definition) is 3. The normalized spacial score (nSPS) is 19.6. The lowest BCUT2D eigenvalue weighted by molar-refractivity contribution is -0.123. The minimum Gasteiger partial charge on any atom is -0.396 e. The van der Waals surface area contributed by atoms with Crippen molar-refractivity contribution in [3.05, 3.63) is 0 Å². The summed E-state index contributed by atoms with van der Waals surface area (Å²) in [5.41, 5.74) is -0.369. The molecular formula is C10H19NO3. The van der Waals surface area contributed by atoms with Crippen LogP contribution in [0, 0.1) is 0 Å². The van der Waals surface area contributed by atoms with Crippen molar-refractivity contribution >= 4 is 5.91 Å². The molecule has 82 valence electrons. The maximum atomic E-state index is 11.4. The van der Waals surface area contributed by atoms with Crippen molar-refractivity contribution in [3.8, 4) is 0 Å². The Balaban J connectivity index is 2.36. The molecule has 0 unspecified atom stereocenters. The highest BCUT2D eigenvalue weighted by Gasteiger charge is 2.34. The minimum absolute atomic E-state index is 0.0257. The first-order valence-electron chi connectivity index (χ1n) is 5.25. The Morgan fingerprint density at radius 2 is 1.93 bits per heavy atom. The van der Waals surface area contributed by atoms with E-state index in [4.69, 9.17) is 5.11 Å². The van der Waals surface area contributed by atoms with Gasteiger partial charge < -0.3 is 15.5 Å². The van der Waals surface area contributed by atoms with Gasteiger partial charge in [0.2, 0.25) is 5.91 Å². The van der Waals surface area contributed by atoms with E-state index in [1.54, 1.807) is 0 Å². The van der Waals surface area contributed by atoms with Crippen molar-refractivity contribution in [1.82, 2.24) is 5.32 Å². The third kappa shape index (κ3) is 2.96. The van der Waals surface area contributed by atoms with Crippen LogP contribution in [0.3, 0.4) is 0 Å². The molecular weight excluding hydrogens is 182 g/mol. The summed E-state index contributed by atoms with van der Waals surface area (Å²) < 4.78 is 0. The first-order chi connectivity index (χ1) is 6.72. The summed E-state index contributed by atoms with van der Waals surface area (Å²) in [6.07, 6.45) is 4.72. The molecule has 0 radical (unpaired) electrons. The molecule has 0 aromatic carbocycles. The van der Waals surface area contributed by atoms with Crippen LogP contribution in [0.4, 0.5) is 0 Å². The summed E-state index contributed by atoms with van der Waals surface area (Å²) in [5, 5.41) is 20.7. The van der Waals surface area contributed by atoms with Crippen molar-refractivity contribution in [3.63, 3.8) is 0 Å². The monoisotopic (exact) mass is 201 g/mol. The van der Waals surface area contributed by atoms with Crippen molar-refractivity contribution in [1.29, 1.82) is 0 Å². The lowest BCUT2D eigenvalue weighted by atomic mass is 9.98. The topological polar surface area (TPSA) is 69.6 Å². The van der Waals surface area contributed by atoms with Gasteiger partial charge in [-0.15, -0.1) is 0 Å². The summed E-state index contributed by atoms with van der Waals surface area (Å²) in [4.78, 5) is 11.4. The fourth-order valence-electron chi connectivity index (χ4n) is 1.97. The van der Waals surface area contributed by atoms with E-state index in [1.807, 2.05) is 0 Å². The minimum atomic E-state index is -0.369. The molecule has 1 aliphatic rings. The maximum Gasteiger partial charge on any atom is 0.220 e. The molecule has 0 saturated heterocycles. The molecule has 1 rings (SSSR count). The van der Waals surface area contributed by atoms with Crippen molar-refractivity contribution < 1.29 is 15.0 Å². The SMILES string of the molecule is O=C(CCCO)NC1(CO)CCCC1. The van der Waals surface area contributed by atoms with E-state index in [9.17, 15) is 9.90 Å². The van der Waals surface area contributed by atoms with Gasteiger partial charge in [-0.05, 0) is 19.3 Å². The molecule has 4 nitrogen and oxygen atoms in total. The average Bonchev–Trinajstić information content (AvgIpc) is 2.64. The van der Waals surface area contributed by atoms with E-state index in [0.717, 1.165) is 25.7 Å². The lowest BCUT2D eigenvalue weighted by Gasteiger charge is -2.27. The first kappa shape index (κ1) is 11.5. The number of nitrogens with one attached hydrogen (secondary N) is 1. The smallest absolute Gasteiger partial charge is 0.220 e. The van der Waals surface area contributed by atoms with Crippen LogP contribution in [-0.2, 0) is 4.79 Å². The highest BCUT2D eigenvalue weighted by molar-refractivity contribution is 5.76. The van der Waals surface area contributed by atoms with E-state index < -0.39 is 0 Å². The quantitative estimate of drug-likeness (QED) is 0.594. The zero-order valence-corrected chi connectivity index (χ0v) is 8.46. The van der Waals surface area contributed by atoms with Gasteiger partial charge in [0.05, 0.1) is 12.1 Å². The van der Waals surface area contributed by atoms with Gasteiger partial charge in [0.25, 0.3) is 0 Å². The number of amides is 1. The largest absolute Gasteiger partial charge is 0.396 e. The summed E-state index contributed by atoms with van der Waals surface area (Å²) in [7, 11) is 0. The second kappa shape index (κ2) is 5.32. The molecule has 4 heteroatoms. The Kier molecular flexibility index (Phi) is 4.35. The van der Waals surface area contributed by atoms with E-state index >= 15 is 0 Å². The summed E-state index contributed by atoms with van der Waals surface area (Å²) >= 11 is 0. The predicted molar refractivity (Wildman–Crippen MR) is 52.7 cm³/mol. The highest BCUT2D eigenvalue weighted by atomic mass is 16.3. The third-order valence-electron chi connectivity index (χ3n) is 2.83. The van der Waals surface area contributed by atoms with Crippen LogP contribution < -0.4 is 5.32 Å². The van der Waals surface area contributed by atoms with Gasteiger partial charge in [-0.25, -0.2) is 0 Å². The molecule has 3 N–H and O–H groups in total. The van der Waals surface area contributed by atoms with Gasteiger partial charge >= 0.3 is 0 Å². The van der Waals surface area contributed by atoms with Gasteiger partial charge in [-0.3, -0.25) is 4.79 Å². The molecule has 0 aromatic heterocycles. The van der Waals surface area contributed by atoms with E-state index in [-0.39, 0.29) is 24.7 Å². The van der Waals surface area contributed by atoms with Crippen molar-refractivity contribution in [2.24, 2.45) is 0 Å². The molecule has 0 atom stereocenters. The van der Waals surface area contributed by atoms with E-state index in [2.05, 4.69) is 5.32 Å². The van der Waals surface area contributed by atoms with Crippen LogP contribution in [0.1, 0.15) is 38.5 Å². The van der Waals surface area contributed by atoms with Gasteiger partial charge in [0.1, 0.15) is 0 Å². The maximum absolute atomic E-state index is 11.4. The number of aliphatic hydroxyl groups is 2. The average molecular weight is 201 g/mol. The predicted octanol–water partition coefficient (Wildman–Crippen LogP) is 0.180. The van der Waals surface area contributed by atoms with Crippen LogP contribution in [-0.4, -0.2) is 34.9 Å². The van der Waals surface area contributed by atoms with E-state index in [1.165, 1.54) is 0 Å². The van der Waals surface area contributed by atoms with Gasteiger partial charge in [-0.2, -0.15) is 0 Å². The molecule has 0 aliphatic heterocycles. The van der Waals surface area contributed by atoms with Gasteiger partial charge in [-0.1, -0.05) is 12.8 Å². The second-order valence-corrected chi connectivity index (χ2v) is 4.02. The van der Waals surface area contributed by atoms with Crippen molar-refractivity contribution in [2.45, 2.75) is 44.1 Å². The Morgan fingerprint density at radius 1 is 1.29 bits per heavy atom. The number of aliphatic hydroxyl groups excluding tert-OH is 2. The zero-order chi connectivity index (χ0) is 10.4.